The summed E-state index contributed by atoms with van der Waals surface area (Å²) < 4.78 is 5.62. The fourth-order valence-corrected chi connectivity index (χ4v) is 2.35. The van der Waals surface area contributed by atoms with Crippen LogP contribution >= 0.6 is 23.2 Å². The molecule has 0 atom stereocenters. The van der Waals surface area contributed by atoms with Crippen LogP contribution < -0.4 is 4.74 Å². The van der Waals surface area contributed by atoms with Crippen LogP contribution in [0, 0.1) is 11.3 Å². The largest absolute Gasteiger partial charge is 0.492 e. The Morgan fingerprint density at radius 3 is 2.89 bits per heavy atom. The molecule has 0 amide bonds. The molecule has 6 heteroatoms. The van der Waals surface area contributed by atoms with E-state index in [9.17, 15) is 0 Å². The van der Waals surface area contributed by atoms with Gasteiger partial charge in [0.15, 0.2) is 5.69 Å². The van der Waals surface area contributed by atoms with Gasteiger partial charge >= 0.3 is 0 Å². The molecule has 0 radical (unpaired) electrons. The van der Waals surface area contributed by atoms with Crippen molar-refractivity contribution in [1.29, 1.82) is 5.26 Å². The third-order valence-electron chi connectivity index (χ3n) is 2.87. The maximum absolute atomic E-state index is 9.00. The summed E-state index contributed by atoms with van der Waals surface area (Å²) in [5.41, 5.74) is 2.81. The van der Waals surface area contributed by atoms with Crippen LogP contribution in [0.4, 0.5) is 0 Å². The highest BCUT2D eigenvalue weighted by atomic mass is 35.5. The second kappa shape index (κ2) is 4.20. The predicted octanol–water partition coefficient (Wildman–Crippen LogP) is 3.19. The average molecular weight is 280 g/mol. The summed E-state index contributed by atoms with van der Waals surface area (Å²) in [5, 5.41) is 16.7. The maximum Gasteiger partial charge on any atom is 0.166 e. The van der Waals surface area contributed by atoms with Crippen molar-refractivity contribution in [3.8, 4) is 23.1 Å². The van der Waals surface area contributed by atoms with Crippen LogP contribution in [0.25, 0.3) is 11.3 Å². The summed E-state index contributed by atoms with van der Waals surface area (Å²) in [4.78, 5) is 0. The van der Waals surface area contributed by atoms with Crippen LogP contribution in [-0.2, 0) is 6.42 Å². The lowest BCUT2D eigenvalue weighted by Gasteiger charge is -2.08. The number of aromatic nitrogens is 2. The van der Waals surface area contributed by atoms with Gasteiger partial charge in [0.25, 0.3) is 0 Å². The number of ether oxygens (including phenoxy) is 1. The molecule has 1 N–H and O–H groups in total. The van der Waals surface area contributed by atoms with Crippen LogP contribution in [0.5, 0.6) is 5.75 Å². The SMILES string of the molecule is N#Cc1n[nH]c2c1CCOc1cc(Cl)c(Cl)cc1-2. The highest BCUT2D eigenvalue weighted by molar-refractivity contribution is 6.42. The summed E-state index contributed by atoms with van der Waals surface area (Å²) in [6.07, 6.45) is 0.624. The molecule has 18 heavy (non-hydrogen) atoms. The number of rotatable bonds is 0. The molecule has 0 aliphatic carbocycles. The van der Waals surface area contributed by atoms with E-state index in [-0.39, 0.29) is 0 Å². The average Bonchev–Trinajstić information content (AvgIpc) is 2.68. The summed E-state index contributed by atoms with van der Waals surface area (Å²) in [5.74, 6) is 0.649. The minimum atomic E-state index is 0.396. The van der Waals surface area contributed by atoms with Crippen LogP contribution in [-0.4, -0.2) is 16.8 Å². The smallest absolute Gasteiger partial charge is 0.166 e. The summed E-state index contributed by atoms with van der Waals surface area (Å²) >= 11 is 12.0. The van der Waals surface area contributed by atoms with Gasteiger partial charge in [-0.3, -0.25) is 5.10 Å². The lowest BCUT2D eigenvalue weighted by Crippen LogP contribution is -1.99. The van der Waals surface area contributed by atoms with E-state index < -0.39 is 0 Å². The van der Waals surface area contributed by atoms with Gasteiger partial charge in [-0.1, -0.05) is 23.2 Å². The topological polar surface area (TPSA) is 61.7 Å². The number of H-pyrrole nitrogens is 1. The first-order valence-electron chi connectivity index (χ1n) is 5.30. The van der Waals surface area contributed by atoms with E-state index in [0.717, 1.165) is 16.8 Å². The quantitative estimate of drug-likeness (QED) is 0.806. The second-order valence-electron chi connectivity index (χ2n) is 3.90. The Kier molecular flexibility index (Phi) is 2.66. The molecular formula is C12H7Cl2N3O. The van der Waals surface area contributed by atoms with Gasteiger partial charge in [0, 0.05) is 23.6 Å². The molecule has 0 saturated carbocycles. The number of nitrogens with zero attached hydrogens (tertiary/aromatic N) is 2. The molecule has 1 aromatic heterocycles. The van der Waals surface area contributed by atoms with Crippen molar-refractivity contribution in [2.24, 2.45) is 0 Å². The van der Waals surface area contributed by atoms with Crippen molar-refractivity contribution in [3.05, 3.63) is 33.4 Å². The summed E-state index contributed by atoms with van der Waals surface area (Å²) in [6, 6.07) is 5.47. The monoisotopic (exact) mass is 279 g/mol. The Bertz CT molecular complexity index is 673. The highest BCUT2D eigenvalue weighted by Gasteiger charge is 2.22. The summed E-state index contributed by atoms with van der Waals surface area (Å²) in [7, 11) is 0. The molecule has 0 fully saturated rings. The van der Waals surface area contributed by atoms with Crippen molar-refractivity contribution in [2.45, 2.75) is 6.42 Å². The first-order chi connectivity index (χ1) is 8.70. The molecule has 2 heterocycles. The van der Waals surface area contributed by atoms with Gasteiger partial charge in [-0.15, -0.1) is 0 Å². The molecule has 0 saturated heterocycles. The second-order valence-corrected chi connectivity index (χ2v) is 4.71. The van der Waals surface area contributed by atoms with Gasteiger partial charge in [-0.25, -0.2) is 0 Å². The number of nitrogens with one attached hydrogen (secondary N) is 1. The molecule has 1 aliphatic rings. The van der Waals surface area contributed by atoms with Crippen molar-refractivity contribution in [1.82, 2.24) is 10.2 Å². The van der Waals surface area contributed by atoms with Crippen LogP contribution in [0.2, 0.25) is 10.0 Å². The number of benzene rings is 1. The minimum Gasteiger partial charge on any atom is -0.492 e. The molecule has 4 nitrogen and oxygen atoms in total. The molecular weight excluding hydrogens is 273 g/mol. The van der Waals surface area contributed by atoms with Crippen LogP contribution in [0.3, 0.4) is 0 Å². The van der Waals surface area contributed by atoms with Gasteiger partial charge in [-0.2, -0.15) is 10.4 Å². The van der Waals surface area contributed by atoms with Crippen molar-refractivity contribution < 1.29 is 4.74 Å². The minimum absolute atomic E-state index is 0.396. The fourth-order valence-electron chi connectivity index (χ4n) is 2.03. The third-order valence-corrected chi connectivity index (χ3v) is 3.60. The lowest BCUT2D eigenvalue weighted by molar-refractivity contribution is 0.326. The standard InChI is InChI=1S/C12H7Cl2N3O/c13-8-3-7-11(4-9(8)14)18-2-1-6-10(5-15)16-17-12(6)7/h3-4H,1-2H2,(H,16,17). The number of hydrogen-bond acceptors (Lipinski definition) is 3. The zero-order chi connectivity index (χ0) is 12.7. The first kappa shape index (κ1) is 11.4. The van der Waals surface area contributed by atoms with E-state index in [1.54, 1.807) is 12.1 Å². The molecule has 0 spiro atoms. The molecule has 1 aromatic carbocycles. The van der Waals surface area contributed by atoms with E-state index >= 15 is 0 Å². The van der Waals surface area contributed by atoms with Gasteiger partial charge in [0.2, 0.25) is 0 Å². The fraction of sp³-hybridized carbons (Fsp3) is 0.167. The highest BCUT2D eigenvalue weighted by Crippen LogP contribution is 2.39. The number of fused-ring (bicyclic) bond motifs is 3. The van der Waals surface area contributed by atoms with E-state index in [0.29, 0.717) is 34.5 Å². The Morgan fingerprint density at radius 2 is 2.11 bits per heavy atom. The van der Waals surface area contributed by atoms with Crippen LogP contribution in [0.15, 0.2) is 12.1 Å². The normalized spacial score (nSPS) is 12.9. The lowest BCUT2D eigenvalue weighted by atomic mass is 10.0. The van der Waals surface area contributed by atoms with E-state index in [1.165, 1.54) is 0 Å². The Morgan fingerprint density at radius 1 is 1.33 bits per heavy atom. The number of hydrogen-bond donors (Lipinski definition) is 1. The van der Waals surface area contributed by atoms with Gasteiger partial charge < -0.3 is 4.74 Å². The van der Waals surface area contributed by atoms with E-state index in [1.807, 2.05) is 0 Å². The summed E-state index contributed by atoms with van der Waals surface area (Å²) in [6.45, 7) is 0.478. The molecule has 3 rings (SSSR count). The molecule has 90 valence electrons. The molecule has 1 aliphatic heterocycles. The Hall–Kier alpha value is -1.70. The zero-order valence-corrected chi connectivity index (χ0v) is 10.6. The van der Waals surface area contributed by atoms with E-state index in [2.05, 4.69) is 16.3 Å². The predicted molar refractivity (Wildman–Crippen MR) is 68.0 cm³/mol. The first-order valence-corrected chi connectivity index (χ1v) is 6.06. The van der Waals surface area contributed by atoms with Gasteiger partial charge in [0.05, 0.1) is 22.3 Å². The zero-order valence-electron chi connectivity index (χ0n) is 9.13. The number of aromatic amines is 1. The van der Waals surface area contributed by atoms with Gasteiger partial charge in [0.1, 0.15) is 11.8 Å². The van der Waals surface area contributed by atoms with Crippen LogP contribution in [0.1, 0.15) is 11.3 Å². The van der Waals surface area contributed by atoms with Gasteiger partial charge in [-0.05, 0) is 6.07 Å². The molecule has 0 bridgehead atoms. The molecule has 2 aromatic rings. The number of halogens is 2. The Labute approximate surface area is 113 Å². The van der Waals surface area contributed by atoms with E-state index in [4.69, 9.17) is 33.2 Å². The van der Waals surface area contributed by atoms with Crippen molar-refractivity contribution in [3.63, 3.8) is 0 Å². The Balaban J connectivity index is 2.28. The number of nitriles is 1. The van der Waals surface area contributed by atoms with Crippen molar-refractivity contribution in [2.75, 3.05) is 6.61 Å². The molecule has 0 unspecified atom stereocenters. The van der Waals surface area contributed by atoms with Crippen molar-refractivity contribution >= 4 is 23.2 Å². The maximum atomic E-state index is 9.00. The third kappa shape index (κ3) is 1.64.